The molecule has 27 heavy (non-hydrogen) atoms. The molecule has 7 nitrogen and oxygen atoms in total. The van der Waals surface area contributed by atoms with Gasteiger partial charge in [0.05, 0.1) is 5.25 Å². The predicted molar refractivity (Wildman–Crippen MR) is 106 cm³/mol. The number of primary amides is 1. The number of rotatable bonds is 9. The van der Waals surface area contributed by atoms with Gasteiger partial charge in [-0.1, -0.05) is 30.8 Å². The van der Waals surface area contributed by atoms with E-state index in [0.29, 0.717) is 17.6 Å². The van der Waals surface area contributed by atoms with Crippen molar-refractivity contribution in [2.45, 2.75) is 62.4 Å². The SMILES string of the molecule is CCc1ccc(NC(=O)C(C)Sc2nnc(C3CC3)n2CCC(N)=O)cc1. The van der Waals surface area contributed by atoms with E-state index < -0.39 is 0 Å². The molecular formula is C19H25N5O2S. The number of thioether (sulfide) groups is 1. The van der Waals surface area contributed by atoms with E-state index in [4.69, 9.17) is 5.73 Å². The van der Waals surface area contributed by atoms with Gasteiger partial charge >= 0.3 is 0 Å². The summed E-state index contributed by atoms with van der Waals surface area (Å²) in [5, 5.41) is 11.8. The van der Waals surface area contributed by atoms with Crippen molar-refractivity contribution in [3.63, 3.8) is 0 Å². The van der Waals surface area contributed by atoms with E-state index in [-0.39, 0.29) is 23.5 Å². The van der Waals surface area contributed by atoms with Crippen LogP contribution in [0.2, 0.25) is 0 Å². The van der Waals surface area contributed by atoms with Crippen molar-refractivity contribution in [2.24, 2.45) is 5.73 Å². The summed E-state index contributed by atoms with van der Waals surface area (Å²) in [4.78, 5) is 23.7. The molecule has 0 bridgehead atoms. The molecule has 1 fully saturated rings. The second-order valence-electron chi connectivity index (χ2n) is 6.78. The number of hydrogen-bond acceptors (Lipinski definition) is 5. The van der Waals surface area contributed by atoms with E-state index in [9.17, 15) is 9.59 Å². The number of carbonyl (C=O) groups excluding carboxylic acids is 2. The zero-order valence-corrected chi connectivity index (χ0v) is 16.5. The molecule has 0 aliphatic heterocycles. The lowest BCUT2D eigenvalue weighted by atomic mass is 10.1. The summed E-state index contributed by atoms with van der Waals surface area (Å²) in [6.45, 7) is 4.38. The third-order valence-electron chi connectivity index (χ3n) is 4.55. The number of anilines is 1. The topological polar surface area (TPSA) is 103 Å². The average molecular weight is 388 g/mol. The second kappa shape index (κ2) is 8.56. The fraction of sp³-hybridized carbons (Fsp3) is 0.474. The first-order valence-corrected chi connectivity index (χ1v) is 10.1. The van der Waals surface area contributed by atoms with Gasteiger partial charge in [-0.05, 0) is 43.9 Å². The van der Waals surface area contributed by atoms with Crippen LogP contribution < -0.4 is 11.1 Å². The maximum Gasteiger partial charge on any atom is 0.237 e. The normalized spacial score (nSPS) is 14.7. The molecule has 0 radical (unpaired) electrons. The highest BCUT2D eigenvalue weighted by Crippen LogP contribution is 2.40. The number of nitrogens with one attached hydrogen (secondary N) is 1. The number of aromatic nitrogens is 3. The fourth-order valence-electron chi connectivity index (χ4n) is 2.74. The molecule has 1 aliphatic rings. The Morgan fingerprint density at radius 3 is 2.59 bits per heavy atom. The summed E-state index contributed by atoms with van der Waals surface area (Å²) in [7, 11) is 0. The molecule has 0 saturated heterocycles. The molecule has 8 heteroatoms. The van der Waals surface area contributed by atoms with Crippen molar-refractivity contribution in [1.29, 1.82) is 0 Å². The first kappa shape index (κ1) is 19.4. The van der Waals surface area contributed by atoms with Crippen LogP contribution in [0, 0.1) is 0 Å². The van der Waals surface area contributed by atoms with Crippen LogP contribution in [-0.4, -0.2) is 31.8 Å². The molecule has 1 aromatic carbocycles. The summed E-state index contributed by atoms with van der Waals surface area (Å²) >= 11 is 1.35. The van der Waals surface area contributed by atoms with Gasteiger partial charge in [-0.3, -0.25) is 9.59 Å². The van der Waals surface area contributed by atoms with Crippen LogP contribution in [-0.2, 0) is 22.6 Å². The molecule has 1 heterocycles. The number of benzene rings is 1. The smallest absolute Gasteiger partial charge is 0.237 e. The van der Waals surface area contributed by atoms with E-state index in [1.165, 1.54) is 17.3 Å². The summed E-state index contributed by atoms with van der Waals surface area (Å²) in [6.07, 6.45) is 3.37. The summed E-state index contributed by atoms with van der Waals surface area (Å²) in [5.74, 6) is 0.840. The van der Waals surface area contributed by atoms with Crippen LogP contribution in [0.25, 0.3) is 0 Å². The molecular weight excluding hydrogens is 362 g/mol. The molecule has 1 aliphatic carbocycles. The van der Waals surface area contributed by atoms with Crippen LogP contribution in [0.1, 0.15) is 50.4 Å². The van der Waals surface area contributed by atoms with Gasteiger partial charge in [0.1, 0.15) is 5.82 Å². The Labute approximate surface area is 163 Å². The largest absolute Gasteiger partial charge is 0.370 e. The lowest BCUT2D eigenvalue weighted by molar-refractivity contribution is -0.118. The van der Waals surface area contributed by atoms with Crippen LogP contribution in [0.5, 0.6) is 0 Å². The van der Waals surface area contributed by atoms with Crippen LogP contribution >= 0.6 is 11.8 Å². The number of nitrogens with zero attached hydrogens (tertiary/aromatic N) is 3. The number of nitrogens with two attached hydrogens (primary N) is 1. The van der Waals surface area contributed by atoms with Gasteiger partial charge in [-0.15, -0.1) is 10.2 Å². The molecule has 3 N–H and O–H groups in total. The first-order valence-electron chi connectivity index (χ1n) is 9.25. The standard InChI is InChI=1S/C19H25N5O2S/c1-3-13-4-8-15(9-5-13)21-18(26)12(2)27-19-23-22-17(14-6-7-14)24(19)11-10-16(20)25/h4-5,8-9,12,14H,3,6-7,10-11H2,1-2H3,(H2,20,25)(H,21,26). The predicted octanol–water partition coefficient (Wildman–Crippen LogP) is 2.71. The van der Waals surface area contributed by atoms with Gasteiger partial charge in [-0.2, -0.15) is 0 Å². The van der Waals surface area contributed by atoms with Gasteiger partial charge < -0.3 is 15.6 Å². The van der Waals surface area contributed by atoms with Gasteiger partial charge in [-0.25, -0.2) is 0 Å². The molecule has 1 aromatic heterocycles. The van der Waals surface area contributed by atoms with E-state index in [0.717, 1.165) is 30.8 Å². The quantitative estimate of drug-likeness (QED) is 0.644. The number of aryl methyl sites for hydroxylation is 1. The van der Waals surface area contributed by atoms with Gasteiger partial charge in [0.25, 0.3) is 0 Å². The fourth-order valence-corrected chi connectivity index (χ4v) is 3.62. The van der Waals surface area contributed by atoms with Gasteiger partial charge in [0.15, 0.2) is 5.16 Å². The summed E-state index contributed by atoms with van der Waals surface area (Å²) in [5.41, 5.74) is 7.30. The Morgan fingerprint density at radius 2 is 2.00 bits per heavy atom. The van der Waals surface area contributed by atoms with Crippen molar-refractivity contribution in [3.05, 3.63) is 35.7 Å². The minimum Gasteiger partial charge on any atom is -0.370 e. The molecule has 1 saturated carbocycles. The minimum atomic E-state index is -0.359. The third kappa shape index (κ3) is 5.09. The zero-order chi connectivity index (χ0) is 19.4. The number of carbonyl (C=O) groups is 2. The lowest BCUT2D eigenvalue weighted by Crippen LogP contribution is -2.23. The Balaban J connectivity index is 1.66. The monoisotopic (exact) mass is 387 g/mol. The van der Waals surface area contributed by atoms with Crippen molar-refractivity contribution >= 4 is 29.3 Å². The Bertz CT molecular complexity index is 814. The highest BCUT2D eigenvalue weighted by molar-refractivity contribution is 8.00. The highest BCUT2D eigenvalue weighted by Gasteiger charge is 2.31. The molecule has 2 aromatic rings. The van der Waals surface area contributed by atoms with E-state index >= 15 is 0 Å². The maximum absolute atomic E-state index is 12.5. The maximum atomic E-state index is 12.5. The average Bonchev–Trinajstić information content (AvgIpc) is 3.42. The minimum absolute atomic E-state index is 0.0957. The van der Waals surface area contributed by atoms with Crippen LogP contribution in [0.4, 0.5) is 5.69 Å². The van der Waals surface area contributed by atoms with E-state index in [1.807, 2.05) is 35.8 Å². The first-order chi connectivity index (χ1) is 13.0. The molecule has 3 rings (SSSR count). The van der Waals surface area contributed by atoms with Gasteiger partial charge in [0.2, 0.25) is 11.8 Å². The van der Waals surface area contributed by atoms with Crippen LogP contribution in [0.3, 0.4) is 0 Å². The Hall–Kier alpha value is -2.35. The van der Waals surface area contributed by atoms with Crippen molar-refractivity contribution < 1.29 is 9.59 Å². The van der Waals surface area contributed by atoms with Crippen molar-refractivity contribution in [3.8, 4) is 0 Å². The summed E-state index contributed by atoms with van der Waals surface area (Å²) in [6, 6.07) is 7.84. The highest BCUT2D eigenvalue weighted by atomic mass is 32.2. The lowest BCUT2D eigenvalue weighted by Gasteiger charge is -2.13. The van der Waals surface area contributed by atoms with Gasteiger partial charge in [0, 0.05) is 24.6 Å². The van der Waals surface area contributed by atoms with E-state index in [1.54, 1.807) is 0 Å². The third-order valence-corrected chi connectivity index (χ3v) is 5.63. The second-order valence-corrected chi connectivity index (χ2v) is 8.09. The summed E-state index contributed by atoms with van der Waals surface area (Å²) < 4.78 is 1.94. The molecule has 1 atom stereocenters. The zero-order valence-electron chi connectivity index (χ0n) is 15.6. The van der Waals surface area contributed by atoms with Crippen molar-refractivity contribution in [2.75, 3.05) is 5.32 Å². The molecule has 0 spiro atoms. The molecule has 1 unspecified atom stereocenters. The van der Waals surface area contributed by atoms with Crippen molar-refractivity contribution in [1.82, 2.24) is 14.8 Å². The number of hydrogen-bond donors (Lipinski definition) is 2. The molecule has 2 amide bonds. The van der Waals surface area contributed by atoms with Crippen LogP contribution in [0.15, 0.2) is 29.4 Å². The molecule has 144 valence electrons. The number of amides is 2. The Kier molecular flexibility index (Phi) is 6.15. The Morgan fingerprint density at radius 1 is 1.30 bits per heavy atom. The van der Waals surface area contributed by atoms with E-state index in [2.05, 4.69) is 22.4 Å².